The van der Waals surface area contributed by atoms with Gasteiger partial charge in [0, 0.05) is 5.71 Å². The zero-order valence-corrected chi connectivity index (χ0v) is 9.00. The third kappa shape index (κ3) is 4.05. The summed E-state index contributed by atoms with van der Waals surface area (Å²) in [7, 11) is 0. The first kappa shape index (κ1) is 11.4. The number of aliphatic hydroxyl groups is 1. The van der Waals surface area contributed by atoms with Crippen LogP contribution in [0.1, 0.15) is 45.4 Å². The van der Waals surface area contributed by atoms with Crippen LogP contribution in [0.5, 0.6) is 0 Å². The van der Waals surface area contributed by atoms with Gasteiger partial charge in [0.15, 0.2) is 0 Å². The molecule has 0 aromatic heterocycles. The summed E-state index contributed by atoms with van der Waals surface area (Å²) in [5.41, 5.74) is 0.810. The third-order valence-electron chi connectivity index (χ3n) is 2.87. The highest BCUT2D eigenvalue weighted by Gasteiger charge is 2.15. The summed E-state index contributed by atoms with van der Waals surface area (Å²) in [5, 5.41) is 17.4. The molecule has 2 unspecified atom stereocenters. The Kier molecular flexibility index (Phi) is 4.88. The summed E-state index contributed by atoms with van der Waals surface area (Å²) < 4.78 is 0. The first-order valence-electron chi connectivity index (χ1n) is 5.59. The fraction of sp³-hybridized carbons (Fsp3) is 0.750. The van der Waals surface area contributed by atoms with Crippen LogP contribution in [0, 0.1) is 11.3 Å². The lowest BCUT2D eigenvalue weighted by atomic mass is 9.95. The minimum atomic E-state index is -0.213. The van der Waals surface area contributed by atoms with Crippen molar-refractivity contribution in [2.75, 3.05) is 0 Å². The summed E-state index contributed by atoms with van der Waals surface area (Å²) in [6, 6.07) is 0. The average molecular weight is 195 g/mol. The number of hydrogen-bond donors (Lipinski definition) is 2. The lowest BCUT2D eigenvalue weighted by Gasteiger charge is -2.14. The SMILES string of the molecule is CC=CC1CCCC(=N)CCC(O)C1. The largest absolute Gasteiger partial charge is 0.393 e. The Morgan fingerprint density at radius 1 is 1.36 bits per heavy atom. The molecule has 0 heterocycles. The van der Waals surface area contributed by atoms with Crippen molar-refractivity contribution in [3.05, 3.63) is 12.2 Å². The molecule has 1 fully saturated rings. The van der Waals surface area contributed by atoms with Crippen molar-refractivity contribution in [1.82, 2.24) is 0 Å². The highest BCUT2D eigenvalue weighted by Crippen LogP contribution is 2.21. The van der Waals surface area contributed by atoms with E-state index in [-0.39, 0.29) is 6.10 Å². The Morgan fingerprint density at radius 2 is 2.14 bits per heavy atom. The summed E-state index contributed by atoms with van der Waals surface area (Å²) in [4.78, 5) is 0. The van der Waals surface area contributed by atoms with Crippen LogP contribution < -0.4 is 0 Å². The van der Waals surface area contributed by atoms with E-state index in [4.69, 9.17) is 5.41 Å². The van der Waals surface area contributed by atoms with Crippen molar-refractivity contribution in [1.29, 1.82) is 5.41 Å². The third-order valence-corrected chi connectivity index (χ3v) is 2.87. The first-order chi connectivity index (χ1) is 6.72. The quantitative estimate of drug-likeness (QED) is 0.621. The number of nitrogens with one attached hydrogen (secondary N) is 1. The molecule has 1 rings (SSSR count). The van der Waals surface area contributed by atoms with E-state index in [1.807, 2.05) is 6.92 Å². The highest BCUT2D eigenvalue weighted by molar-refractivity contribution is 5.81. The van der Waals surface area contributed by atoms with Crippen LogP contribution in [0.2, 0.25) is 0 Å². The average Bonchev–Trinajstić information content (AvgIpc) is 2.20. The molecule has 2 atom stereocenters. The van der Waals surface area contributed by atoms with Crippen molar-refractivity contribution in [2.24, 2.45) is 5.92 Å². The molecule has 1 aliphatic carbocycles. The Bertz CT molecular complexity index is 210. The molecule has 0 radical (unpaired) electrons. The molecule has 0 saturated heterocycles. The Labute approximate surface area is 86.5 Å². The molecular formula is C12H21NO. The van der Waals surface area contributed by atoms with Gasteiger partial charge in [0.05, 0.1) is 6.10 Å². The second-order valence-electron chi connectivity index (χ2n) is 4.21. The molecule has 0 aliphatic heterocycles. The summed E-state index contributed by atoms with van der Waals surface area (Å²) >= 11 is 0. The molecule has 2 N–H and O–H groups in total. The van der Waals surface area contributed by atoms with Crippen molar-refractivity contribution in [2.45, 2.75) is 51.6 Å². The smallest absolute Gasteiger partial charge is 0.0549 e. The molecule has 2 nitrogen and oxygen atoms in total. The van der Waals surface area contributed by atoms with Crippen LogP contribution in [0.3, 0.4) is 0 Å². The van der Waals surface area contributed by atoms with Crippen LogP contribution in [0.4, 0.5) is 0 Å². The summed E-state index contributed by atoms with van der Waals surface area (Å²) in [5.74, 6) is 0.515. The molecule has 1 aliphatic rings. The van der Waals surface area contributed by atoms with Crippen LogP contribution in [-0.4, -0.2) is 16.9 Å². The minimum absolute atomic E-state index is 0.213. The molecular weight excluding hydrogens is 174 g/mol. The van der Waals surface area contributed by atoms with Crippen LogP contribution >= 0.6 is 0 Å². The van der Waals surface area contributed by atoms with Gasteiger partial charge in [0.2, 0.25) is 0 Å². The summed E-state index contributed by atoms with van der Waals surface area (Å²) in [6.07, 6.45) is 9.60. The zero-order valence-electron chi connectivity index (χ0n) is 9.00. The fourth-order valence-corrected chi connectivity index (χ4v) is 2.08. The van der Waals surface area contributed by atoms with E-state index in [2.05, 4.69) is 12.2 Å². The van der Waals surface area contributed by atoms with Crippen molar-refractivity contribution in [3.63, 3.8) is 0 Å². The van der Waals surface area contributed by atoms with Crippen molar-refractivity contribution in [3.8, 4) is 0 Å². The maximum Gasteiger partial charge on any atom is 0.0549 e. The molecule has 0 aromatic carbocycles. The van der Waals surface area contributed by atoms with E-state index in [1.165, 1.54) is 0 Å². The number of hydrogen-bond acceptors (Lipinski definition) is 2. The normalized spacial score (nSPS) is 31.1. The van der Waals surface area contributed by atoms with Gasteiger partial charge < -0.3 is 10.5 Å². The van der Waals surface area contributed by atoms with Crippen LogP contribution in [-0.2, 0) is 0 Å². The standard InChI is InChI=1S/C12H21NO/c1-2-4-10-5-3-6-11(13)7-8-12(14)9-10/h2,4,10,12-14H,3,5-9H2,1H3. The molecule has 2 heteroatoms. The Balaban J connectivity index is 2.51. The molecule has 80 valence electrons. The van der Waals surface area contributed by atoms with Gasteiger partial charge in [0.1, 0.15) is 0 Å². The number of rotatable bonds is 1. The molecule has 0 bridgehead atoms. The lowest BCUT2D eigenvalue weighted by molar-refractivity contribution is 0.142. The van der Waals surface area contributed by atoms with Gasteiger partial charge in [-0.15, -0.1) is 0 Å². The topological polar surface area (TPSA) is 44.1 Å². The first-order valence-corrected chi connectivity index (χ1v) is 5.59. The second kappa shape index (κ2) is 5.97. The summed E-state index contributed by atoms with van der Waals surface area (Å²) in [6.45, 7) is 2.03. The van der Waals surface area contributed by atoms with Gasteiger partial charge in [-0.05, 0) is 51.4 Å². The molecule has 1 saturated carbocycles. The minimum Gasteiger partial charge on any atom is -0.393 e. The lowest BCUT2D eigenvalue weighted by Crippen LogP contribution is -2.12. The van der Waals surface area contributed by atoms with Gasteiger partial charge in [-0.25, -0.2) is 0 Å². The monoisotopic (exact) mass is 195 g/mol. The number of allylic oxidation sites excluding steroid dienone is 2. The predicted octanol–water partition coefficient (Wildman–Crippen LogP) is 2.91. The fourth-order valence-electron chi connectivity index (χ4n) is 2.08. The Hall–Kier alpha value is -0.630. The van der Waals surface area contributed by atoms with E-state index < -0.39 is 0 Å². The van der Waals surface area contributed by atoms with Crippen LogP contribution in [0.25, 0.3) is 0 Å². The molecule has 0 amide bonds. The highest BCUT2D eigenvalue weighted by atomic mass is 16.3. The molecule has 0 aromatic rings. The van der Waals surface area contributed by atoms with Gasteiger partial charge in [-0.3, -0.25) is 0 Å². The Morgan fingerprint density at radius 3 is 2.86 bits per heavy atom. The zero-order chi connectivity index (χ0) is 10.4. The van der Waals surface area contributed by atoms with Crippen molar-refractivity contribution >= 4 is 5.71 Å². The molecule has 0 spiro atoms. The predicted molar refractivity (Wildman–Crippen MR) is 59.7 cm³/mol. The van der Waals surface area contributed by atoms with Gasteiger partial charge in [-0.1, -0.05) is 12.2 Å². The molecule has 14 heavy (non-hydrogen) atoms. The van der Waals surface area contributed by atoms with E-state index in [1.54, 1.807) is 0 Å². The van der Waals surface area contributed by atoms with E-state index in [0.717, 1.165) is 44.2 Å². The maximum absolute atomic E-state index is 9.72. The van der Waals surface area contributed by atoms with Gasteiger partial charge in [0.25, 0.3) is 0 Å². The second-order valence-corrected chi connectivity index (χ2v) is 4.21. The van der Waals surface area contributed by atoms with Gasteiger partial charge >= 0.3 is 0 Å². The van der Waals surface area contributed by atoms with Crippen LogP contribution in [0.15, 0.2) is 12.2 Å². The van der Waals surface area contributed by atoms with Gasteiger partial charge in [-0.2, -0.15) is 0 Å². The van der Waals surface area contributed by atoms with E-state index in [9.17, 15) is 5.11 Å². The maximum atomic E-state index is 9.72. The van der Waals surface area contributed by atoms with E-state index in [0.29, 0.717) is 5.92 Å². The van der Waals surface area contributed by atoms with E-state index >= 15 is 0 Å². The number of aliphatic hydroxyl groups excluding tert-OH is 1. The van der Waals surface area contributed by atoms with Crippen molar-refractivity contribution < 1.29 is 5.11 Å².